The van der Waals surface area contributed by atoms with Crippen molar-refractivity contribution in [1.82, 2.24) is 5.48 Å². The van der Waals surface area contributed by atoms with Gasteiger partial charge in [-0.1, -0.05) is 25.7 Å². The molecule has 0 saturated heterocycles. The van der Waals surface area contributed by atoms with Crippen LogP contribution < -0.4 is 5.48 Å². The van der Waals surface area contributed by atoms with Gasteiger partial charge in [0.2, 0.25) is 0 Å². The fourth-order valence-electron chi connectivity index (χ4n) is 2.85. The number of nitrogens with one attached hydrogen (secondary N) is 1. The van der Waals surface area contributed by atoms with E-state index in [-0.39, 0.29) is 12.5 Å². The maximum atomic E-state index is 12.8. The van der Waals surface area contributed by atoms with Crippen LogP contribution in [-0.4, -0.2) is 18.3 Å². The van der Waals surface area contributed by atoms with Crippen LogP contribution in [0.4, 0.5) is 13.2 Å². The van der Waals surface area contributed by atoms with Gasteiger partial charge in [-0.25, -0.2) is 0 Å². The molecule has 0 aromatic heterocycles. The molecule has 2 fully saturated rings. The second-order valence-electron chi connectivity index (χ2n) is 5.18. The minimum atomic E-state index is -4.10. The zero-order chi connectivity index (χ0) is 12.3. The van der Waals surface area contributed by atoms with Crippen molar-refractivity contribution in [1.29, 1.82) is 0 Å². The Morgan fingerprint density at radius 1 is 0.882 bits per heavy atom. The Kier molecular flexibility index (Phi) is 4.31. The van der Waals surface area contributed by atoms with Crippen LogP contribution in [0.2, 0.25) is 0 Å². The van der Waals surface area contributed by atoms with Crippen molar-refractivity contribution < 1.29 is 18.0 Å². The normalized spacial score (nSPS) is 31.9. The first kappa shape index (κ1) is 13.1. The molecule has 2 aliphatic carbocycles. The lowest BCUT2D eigenvalue weighted by Crippen LogP contribution is -2.46. The summed E-state index contributed by atoms with van der Waals surface area (Å²) in [6.45, 7) is 0. The maximum absolute atomic E-state index is 12.8. The SMILES string of the molecule is FC(F)(F)C1CCCCC1NOC1CCCC1. The van der Waals surface area contributed by atoms with E-state index in [2.05, 4.69) is 5.48 Å². The average Bonchev–Trinajstić information content (AvgIpc) is 2.78. The largest absolute Gasteiger partial charge is 0.393 e. The molecule has 0 aromatic rings. The van der Waals surface area contributed by atoms with E-state index in [1.54, 1.807) is 0 Å². The van der Waals surface area contributed by atoms with E-state index in [9.17, 15) is 13.2 Å². The van der Waals surface area contributed by atoms with Gasteiger partial charge >= 0.3 is 6.18 Å². The number of hydrogen-bond donors (Lipinski definition) is 1. The summed E-state index contributed by atoms with van der Waals surface area (Å²) >= 11 is 0. The number of hydroxylamine groups is 1. The van der Waals surface area contributed by atoms with E-state index in [0.29, 0.717) is 12.8 Å². The maximum Gasteiger partial charge on any atom is 0.393 e. The Morgan fingerprint density at radius 2 is 1.47 bits per heavy atom. The van der Waals surface area contributed by atoms with Crippen LogP contribution in [0.25, 0.3) is 0 Å². The second kappa shape index (κ2) is 5.57. The summed E-state index contributed by atoms with van der Waals surface area (Å²) in [5.74, 6) is -1.24. The summed E-state index contributed by atoms with van der Waals surface area (Å²) in [7, 11) is 0. The van der Waals surface area contributed by atoms with Gasteiger partial charge in [0.15, 0.2) is 0 Å². The summed E-state index contributed by atoms with van der Waals surface area (Å²) < 4.78 is 38.4. The fourth-order valence-corrected chi connectivity index (χ4v) is 2.85. The molecule has 2 atom stereocenters. The van der Waals surface area contributed by atoms with Gasteiger partial charge in [-0.3, -0.25) is 4.84 Å². The third kappa shape index (κ3) is 3.58. The lowest BCUT2D eigenvalue weighted by Gasteiger charge is -2.33. The van der Waals surface area contributed by atoms with Crippen LogP contribution in [0, 0.1) is 5.92 Å². The van der Waals surface area contributed by atoms with Crippen molar-refractivity contribution in [2.75, 3.05) is 0 Å². The van der Waals surface area contributed by atoms with Crippen molar-refractivity contribution in [2.45, 2.75) is 69.7 Å². The summed E-state index contributed by atoms with van der Waals surface area (Å²) in [4.78, 5) is 5.42. The minimum absolute atomic E-state index is 0.116. The third-order valence-corrected chi connectivity index (χ3v) is 3.87. The van der Waals surface area contributed by atoms with Gasteiger partial charge in [0.1, 0.15) is 0 Å². The van der Waals surface area contributed by atoms with Crippen LogP contribution in [0.5, 0.6) is 0 Å². The molecule has 0 heterocycles. The third-order valence-electron chi connectivity index (χ3n) is 3.87. The monoisotopic (exact) mass is 251 g/mol. The molecule has 1 N–H and O–H groups in total. The minimum Gasteiger partial charge on any atom is -0.298 e. The molecule has 0 bridgehead atoms. The standard InChI is InChI=1S/C12H20F3NO/c13-12(14,15)10-7-3-4-8-11(10)16-17-9-5-1-2-6-9/h9-11,16H,1-8H2. The van der Waals surface area contributed by atoms with Crippen molar-refractivity contribution in [3.05, 3.63) is 0 Å². The molecule has 0 amide bonds. The lowest BCUT2D eigenvalue weighted by atomic mass is 9.84. The molecular formula is C12H20F3NO. The van der Waals surface area contributed by atoms with Crippen molar-refractivity contribution in [3.8, 4) is 0 Å². The van der Waals surface area contributed by atoms with Gasteiger partial charge in [0, 0.05) is 6.04 Å². The van der Waals surface area contributed by atoms with Crippen LogP contribution in [0.15, 0.2) is 0 Å². The van der Waals surface area contributed by atoms with Crippen molar-refractivity contribution >= 4 is 0 Å². The molecule has 0 aliphatic heterocycles. The number of halogens is 3. The molecule has 0 spiro atoms. The molecule has 2 nitrogen and oxygen atoms in total. The van der Waals surface area contributed by atoms with Gasteiger partial charge in [0.25, 0.3) is 0 Å². The topological polar surface area (TPSA) is 21.3 Å². The van der Waals surface area contributed by atoms with Crippen molar-refractivity contribution in [2.24, 2.45) is 5.92 Å². The quantitative estimate of drug-likeness (QED) is 0.774. The van der Waals surface area contributed by atoms with Gasteiger partial charge < -0.3 is 0 Å². The first-order chi connectivity index (χ1) is 8.07. The number of rotatable bonds is 3. The van der Waals surface area contributed by atoms with Gasteiger partial charge in [-0.05, 0) is 25.7 Å². The summed E-state index contributed by atoms with van der Waals surface area (Å²) in [5.41, 5.74) is 2.70. The van der Waals surface area contributed by atoms with E-state index >= 15 is 0 Å². The Hall–Kier alpha value is -0.290. The Labute approximate surface area is 99.9 Å². The Balaban J connectivity index is 1.83. The fraction of sp³-hybridized carbons (Fsp3) is 1.00. The van der Waals surface area contributed by atoms with E-state index in [0.717, 1.165) is 32.1 Å². The molecular weight excluding hydrogens is 231 g/mol. The summed E-state index contributed by atoms with van der Waals surface area (Å²) in [5, 5.41) is 0. The highest BCUT2D eigenvalue weighted by molar-refractivity contribution is 4.84. The predicted octanol–water partition coefficient (Wildman–Crippen LogP) is 3.57. The molecule has 2 aliphatic rings. The molecule has 2 unspecified atom stereocenters. The van der Waals surface area contributed by atoms with E-state index in [1.165, 1.54) is 0 Å². The number of hydrogen-bond acceptors (Lipinski definition) is 2. The zero-order valence-electron chi connectivity index (χ0n) is 9.93. The summed E-state index contributed by atoms with van der Waals surface area (Å²) in [6.07, 6.45) is 2.53. The smallest absolute Gasteiger partial charge is 0.298 e. The first-order valence-corrected chi connectivity index (χ1v) is 6.55. The summed E-state index contributed by atoms with van der Waals surface area (Å²) in [6, 6.07) is -0.552. The molecule has 2 saturated carbocycles. The van der Waals surface area contributed by atoms with Gasteiger partial charge in [-0.2, -0.15) is 18.7 Å². The predicted molar refractivity (Wildman–Crippen MR) is 58.3 cm³/mol. The highest BCUT2D eigenvalue weighted by atomic mass is 19.4. The molecule has 0 aromatic carbocycles. The van der Waals surface area contributed by atoms with Crippen LogP contribution in [-0.2, 0) is 4.84 Å². The van der Waals surface area contributed by atoms with Gasteiger partial charge in [-0.15, -0.1) is 0 Å². The van der Waals surface area contributed by atoms with Gasteiger partial charge in [0.05, 0.1) is 12.0 Å². The Morgan fingerprint density at radius 3 is 2.12 bits per heavy atom. The average molecular weight is 251 g/mol. The molecule has 2 rings (SSSR count). The Bertz CT molecular complexity index is 238. The molecule has 5 heteroatoms. The number of alkyl halides is 3. The van der Waals surface area contributed by atoms with E-state index in [4.69, 9.17) is 4.84 Å². The van der Waals surface area contributed by atoms with Crippen LogP contribution in [0.1, 0.15) is 51.4 Å². The van der Waals surface area contributed by atoms with Crippen molar-refractivity contribution in [3.63, 3.8) is 0 Å². The van der Waals surface area contributed by atoms with Crippen LogP contribution >= 0.6 is 0 Å². The second-order valence-corrected chi connectivity index (χ2v) is 5.18. The highest BCUT2D eigenvalue weighted by Gasteiger charge is 2.45. The molecule has 0 radical (unpaired) electrons. The highest BCUT2D eigenvalue weighted by Crippen LogP contribution is 2.37. The molecule has 17 heavy (non-hydrogen) atoms. The molecule has 100 valence electrons. The van der Waals surface area contributed by atoms with E-state index in [1.807, 2.05) is 0 Å². The van der Waals surface area contributed by atoms with E-state index < -0.39 is 18.1 Å². The first-order valence-electron chi connectivity index (χ1n) is 6.55. The zero-order valence-corrected chi connectivity index (χ0v) is 9.93. The lowest BCUT2D eigenvalue weighted by molar-refractivity contribution is -0.202. The van der Waals surface area contributed by atoms with Crippen LogP contribution in [0.3, 0.4) is 0 Å².